The molecule has 1 aliphatic heterocycles. The normalized spacial score (nSPS) is 19.9. The van der Waals surface area contributed by atoms with Gasteiger partial charge in [-0.25, -0.2) is 8.42 Å². The first-order chi connectivity index (χ1) is 9.43. The lowest BCUT2D eigenvalue weighted by Gasteiger charge is -2.19. The molecule has 1 aliphatic rings. The second-order valence-corrected chi connectivity index (χ2v) is 7.54. The number of benzene rings is 2. The van der Waals surface area contributed by atoms with Crippen molar-refractivity contribution in [3.8, 4) is 0 Å². The van der Waals surface area contributed by atoms with Crippen LogP contribution in [0.4, 0.5) is 5.69 Å². The van der Waals surface area contributed by atoms with Gasteiger partial charge in [-0.2, -0.15) is 0 Å². The minimum Gasteiger partial charge on any atom is -0.320 e. The second kappa shape index (κ2) is 4.58. The van der Waals surface area contributed by atoms with Crippen LogP contribution in [0.2, 0.25) is 0 Å². The Bertz CT molecular complexity index is 790. The van der Waals surface area contributed by atoms with Crippen LogP contribution in [0.3, 0.4) is 0 Å². The SMILES string of the molecule is CN1c2ccccc2C(N)c2ccc(Br)cc2S1(=O)=O. The van der Waals surface area contributed by atoms with Crippen LogP contribution >= 0.6 is 15.9 Å². The predicted octanol–water partition coefficient (Wildman–Crippen LogP) is 2.64. The standard InChI is InChI=1S/C14H13BrN2O2S/c1-17-12-5-3-2-4-10(12)14(16)11-7-6-9(15)8-13(11)20(17,18)19/h2-8,14H,16H2,1H3. The van der Waals surface area contributed by atoms with Crippen molar-refractivity contribution < 1.29 is 8.42 Å². The zero-order valence-electron chi connectivity index (χ0n) is 10.7. The van der Waals surface area contributed by atoms with E-state index in [0.29, 0.717) is 15.7 Å². The number of rotatable bonds is 0. The second-order valence-electron chi connectivity index (χ2n) is 4.69. The fourth-order valence-electron chi connectivity index (χ4n) is 2.47. The number of fused-ring (bicyclic) bond motifs is 2. The summed E-state index contributed by atoms with van der Waals surface area (Å²) in [6.45, 7) is 0. The molecule has 0 amide bonds. The molecule has 2 N–H and O–H groups in total. The molecule has 1 heterocycles. The summed E-state index contributed by atoms with van der Waals surface area (Å²) in [7, 11) is -2.05. The molecular formula is C14H13BrN2O2S. The minimum atomic E-state index is -3.60. The van der Waals surface area contributed by atoms with Gasteiger partial charge in [0.25, 0.3) is 10.0 Å². The lowest BCUT2D eigenvalue weighted by atomic mass is 9.98. The lowest BCUT2D eigenvalue weighted by Crippen LogP contribution is -2.26. The Hall–Kier alpha value is -1.37. The first-order valence-electron chi connectivity index (χ1n) is 6.06. The van der Waals surface area contributed by atoms with Gasteiger partial charge < -0.3 is 5.73 Å². The Kier molecular flexibility index (Phi) is 3.12. The maximum atomic E-state index is 12.7. The number of para-hydroxylation sites is 1. The molecule has 0 spiro atoms. The van der Waals surface area contributed by atoms with Gasteiger partial charge in [-0.05, 0) is 29.3 Å². The Morgan fingerprint density at radius 2 is 1.85 bits per heavy atom. The summed E-state index contributed by atoms with van der Waals surface area (Å²) < 4.78 is 27.5. The highest BCUT2D eigenvalue weighted by atomic mass is 79.9. The molecule has 0 aromatic heterocycles. The topological polar surface area (TPSA) is 63.4 Å². The third-order valence-electron chi connectivity index (χ3n) is 3.56. The first kappa shape index (κ1) is 13.6. The van der Waals surface area contributed by atoms with Gasteiger partial charge in [0.1, 0.15) is 0 Å². The molecule has 1 unspecified atom stereocenters. The highest BCUT2D eigenvalue weighted by Crippen LogP contribution is 2.39. The van der Waals surface area contributed by atoms with E-state index >= 15 is 0 Å². The van der Waals surface area contributed by atoms with Crippen molar-refractivity contribution in [1.29, 1.82) is 0 Å². The molecule has 0 saturated carbocycles. The molecule has 0 fully saturated rings. The Morgan fingerprint density at radius 3 is 2.60 bits per heavy atom. The molecular weight excluding hydrogens is 340 g/mol. The lowest BCUT2D eigenvalue weighted by molar-refractivity contribution is 0.593. The van der Waals surface area contributed by atoms with E-state index in [2.05, 4.69) is 15.9 Å². The fraction of sp³-hybridized carbons (Fsp3) is 0.143. The molecule has 4 nitrogen and oxygen atoms in total. The van der Waals surface area contributed by atoms with E-state index in [1.54, 1.807) is 25.2 Å². The summed E-state index contributed by atoms with van der Waals surface area (Å²) in [6, 6.07) is 12.0. The average Bonchev–Trinajstić information content (AvgIpc) is 2.50. The number of nitrogens with zero attached hydrogens (tertiary/aromatic N) is 1. The van der Waals surface area contributed by atoms with Crippen LogP contribution in [0.15, 0.2) is 51.8 Å². The van der Waals surface area contributed by atoms with Gasteiger partial charge in [0.2, 0.25) is 0 Å². The van der Waals surface area contributed by atoms with Gasteiger partial charge in [-0.1, -0.05) is 40.2 Å². The van der Waals surface area contributed by atoms with Crippen molar-refractivity contribution >= 4 is 31.6 Å². The van der Waals surface area contributed by atoms with Crippen LogP contribution in [0.5, 0.6) is 0 Å². The van der Waals surface area contributed by atoms with Crippen molar-refractivity contribution in [3.05, 3.63) is 58.1 Å². The van der Waals surface area contributed by atoms with Crippen molar-refractivity contribution in [1.82, 2.24) is 0 Å². The summed E-state index contributed by atoms with van der Waals surface area (Å²) in [4.78, 5) is 0.248. The summed E-state index contributed by atoms with van der Waals surface area (Å²) in [5.41, 5.74) is 8.32. The van der Waals surface area contributed by atoms with Gasteiger partial charge in [-0.3, -0.25) is 4.31 Å². The molecule has 2 aromatic carbocycles. The van der Waals surface area contributed by atoms with E-state index in [4.69, 9.17) is 5.73 Å². The van der Waals surface area contributed by atoms with E-state index in [1.807, 2.05) is 24.3 Å². The molecule has 1 atom stereocenters. The van der Waals surface area contributed by atoms with E-state index < -0.39 is 16.1 Å². The van der Waals surface area contributed by atoms with E-state index in [1.165, 1.54) is 4.31 Å². The minimum absolute atomic E-state index is 0.248. The Morgan fingerprint density at radius 1 is 1.15 bits per heavy atom. The number of hydrogen-bond acceptors (Lipinski definition) is 3. The van der Waals surface area contributed by atoms with E-state index in [0.717, 1.165) is 5.56 Å². The van der Waals surface area contributed by atoms with Gasteiger partial charge in [0.05, 0.1) is 16.6 Å². The van der Waals surface area contributed by atoms with Crippen LogP contribution in [-0.4, -0.2) is 15.5 Å². The van der Waals surface area contributed by atoms with Gasteiger partial charge in [0, 0.05) is 11.5 Å². The van der Waals surface area contributed by atoms with Gasteiger partial charge in [-0.15, -0.1) is 0 Å². The van der Waals surface area contributed by atoms with Crippen molar-refractivity contribution in [3.63, 3.8) is 0 Å². The molecule has 2 aromatic rings. The van der Waals surface area contributed by atoms with E-state index in [9.17, 15) is 8.42 Å². The number of halogens is 1. The fourth-order valence-corrected chi connectivity index (χ4v) is 4.47. The van der Waals surface area contributed by atoms with Gasteiger partial charge >= 0.3 is 0 Å². The summed E-state index contributed by atoms with van der Waals surface area (Å²) >= 11 is 3.32. The first-order valence-corrected chi connectivity index (χ1v) is 8.29. The zero-order chi connectivity index (χ0) is 14.5. The van der Waals surface area contributed by atoms with Gasteiger partial charge in [0.15, 0.2) is 0 Å². The number of anilines is 1. The van der Waals surface area contributed by atoms with Crippen LogP contribution in [-0.2, 0) is 10.0 Å². The molecule has 20 heavy (non-hydrogen) atoms. The molecule has 0 bridgehead atoms. The average molecular weight is 353 g/mol. The molecule has 0 aliphatic carbocycles. The maximum Gasteiger partial charge on any atom is 0.264 e. The largest absolute Gasteiger partial charge is 0.320 e. The monoisotopic (exact) mass is 352 g/mol. The van der Waals surface area contributed by atoms with Crippen LogP contribution in [0.1, 0.15) is 17.2 Å². The van der Waals surface area contributed by atoms with Crippen molar-refractivity contribution in [2.75, 3.05) is 11.4 Å². The molecule has 0 radical (unpaired) electrons. The highest BCUT2D eigenvalue weighted by molar-refractivity contribution is 9.10. The Balaban J connectivity index is 2.41. The third kappa shape index (κ3) is 1.87. The molecule has 0 saturated heterocycles. The molecule has 6 heteroatoms. The van der Waals surface area contributed by atoms with Crippen LogP contribution < -0.4 is 10.0 Å². The van der Waals surface area contributed by atoms with Crippen LogP contribution in [0, 0.1) is 0 Å². The maximum absolute atomic E-state index is 12.7. The summed E-state index contributed by atoms with van der Waals surface area (Å²) in [5, 5.41) is 0. The molecule has 3 rings (SSSR count). The zero-order valence-corrected chi connectivity index (χ0v) is 13.1. The third-order valence-corrected chi connectivity index (χ3v) is 5.88. The predicted molar refractivity (Wildman–Crippen MR) is 82.2 cm³/mol. The van der Waals surface area contributed by atoms with Crippen LogP contribution in [0.25, 0.3) is 0 Å². The van der Waals surface area contributed by atoms with Crippen molar-refractivity contribution in [2.24, 2.45) is 5.73 Å². The van der Waals surface area contributed by atoms with Crippen molar-refractivity contribution in [2.45, 2.75) is 10.9 Å². The van der Waals surface area contributed by atoms with E-state index in [-0.39, 0.29) is 4.90 Å². The number of nitrogens with two attached hydrogens (primary N) is 1. The smallest absolute Gasteiger partial charge is 0.264 e. The number of sulfonamides is 1. The number of hydrogen-bond donors (Lipinski definition) is 1. The summed E-state index contributed by atoms with van der Waals surface area (Å²) in [6.07, 6.45) is 0. The highest BCUT2D eigenvalue weighted by Gasteiger charge is 2.33. The Labute approximate surface area is 126 Å². The summed E-state index contributed by atoms with van der Waals surface area (Å²) in [5.74, 6) is 0. The molecule has 104 valence electrons. The quantitative estimate of drug-likeness (QED) is 0.792.